The number of hydrogen-bond donors (Lipinski definition) is 1. The zero-order valence-electron chi connectivity index (χ0n) is 12.7. The fourth-order valence-electron chi connectivity index (χ4n) is 2.88. The van der Waals surface area contributed by atoms with Gasteiger partial charge in [0.15, 0.2) is 0 Å². The normalized spacial score (nSPS) is 21.7. The first kappa shape index (κ1) is 15.0. The standard InChI is InChI=1S/C17H25NO2/c1-12-4-5-17(20)18(7-6-12)11-16(19)15-9-13(2)8-14(3)10-15/h8-10,12,16,19H,4-7,11H2,1-3H3. The lowest BCUT2D eigenvalue weighted by Crippen LogP contribution is -2.34. The van der Waals surface area contributed by atoms with E-state index < -0.39 is 6.10 Å². The van der Waals surface area contributed by atoms with Crippen molar-refractivity contribution in [1.29, 1.82) is 0 Å². The molecule has 0 radical (unpaired) electrons. The fraction of sp³-hybridized carbons (Fsp3) is 0.588. The Labute approximate surface area is 121 Å². The van der Waals surface area contributed by atoms with Gasteiger partial charge in [0.1, 0.15) is 0 Å². The van der Waals surface area contributed by atoms with Crippen LogP contribution in [0.5, 0.6) is 0 Å². The summed E-state index contributed by atoms with van der Waals surface area (Å²) in [4.78, 5) is 13.9. The minimum Gasteiger partial charge on any atom is -0.387 e. The molecular formula is C17H25NO2. The Balaban J connectivity index is 2.06. The molecule has 1 N–H and O–H groups in total. The van der Waals surface area contributed by atoms with E-state index in [-0.39, 0.29) is 5.91 Å². The number of aliphatic hydroxyl groups is 1. The van der Waals surface area contributed by atoms with E-state index in [1.165, 1.54) is 0 Å². The molecule has 110 valence electrons. The summed E-state index contributed by atoms with van der Waals surface area (Å²) in [6.07, 6.45) is 2.02. The second-order valence-corrected chi connectivity index (χ2v) is 6.21. The first-order valence-electron chi connectivity index (χ1n) is 7.49. The van der Waals surface area contributed by atoms with Crippen LogP contribution in [0, 0.1) is 19.8 Å². The van der Waals surface area contributed by atoms with Crippen LogP contribution in [0.3, 0.4) is 0 Å². The van der Waals surface area contributed by atoms with E-state index in [9.17, 15) is 9.90 Å². The Bertz CT molecular complexity index is 464. The number of carbonyl (C=O) groups is 1. The third kappa shape index (κ3) is 3.83. The number of likely N-dealkylation sites (tertiary alicyclic amines) is 1. The van der Waals surface area contributed by atoms with Crippen LogP contribution in [0.1, 0.15) is 49.0 Å². The van der Waals surface area contributed by atoms with Crippen molar-refractivity contribution in [1.82, 2.24) is 4.90 Å². The molecule has 0 bridgehead atoms. The molecule has 1 heterocycles. The summed E-state index contributed by atoms with van der Waals surface area (Å²) in [5.41, 5.74) is 3.21. The molecule has 1 saturated heterocycles. The summed E-state index contributed by atoms with van der Waals surface area (Å²) in [7, 11) is 0. The highest BCUT2D eigenvalue weighted by molar-refractivity contribution is 5.76. The van der Waals surface area contributed by atoms with E-state index in [1.54, 1.807) is 0 Å². The average molecular weight is 275 g/mol. The zero-order valence-corrected chi connectivity index (χ0v) is 12.7. The van der Waals surface area contributed by atoms with Crippen LogP contribution in [0.2, 0.25) is 0 Å². The summed E-state index contributed by atoms with van der Waals surface area (Å²) < 4.78 is 0. The van der Waals surface area contributed by atoms with Gasteiger partial charge in [-0.05, 0) is 38.2 Å². The van der Waals surface area contributed by atoms with Crippen molar-refractivity contribution in [3.05, 3.63) is 34.9 Å². The molecular weight excluding hydrogens is 250 g/mol. The highest BCUT2D eigenvalue weighted by Crippen LogP contribution is 2.22. The second-order valence-electron chi connectivity index (χ2n) is 6.21. The predicted molar refractivity (Wildman–Crippen MR) is 80.5 cm³/mol. The van der Waals surface area contributed by atoms with Crippen molar-refractivity contribution >= 4 is 5.91 Å². The Morgan fingerprint density at radius 3 is 2.55 bits per heavy atom. The Morgan fingerprint density at radius 2 is 1.90 bits per heavy atom. The number of amides is 1. The maximum atomic E-state index is 12.1. The molecule has 2 atom stereocenters. The molecule has 1 amide bonds. The van der Waals surface area contributed by atoms with Gasteiger partial charge in [0.05, 0.1) is 12.6 Å². The number of carbonyl (C=O) groups excluding carboxylic acids is 1. The van der Waals surface area contributed by atoms with Gasteiger partial charge < -0.3 is 10.0 Å². The van der Waals surface area contributed by atoms with Gasteiger partial charge in [-0.1, -0.05) is 36.2 Å². The fourth-order valence-corrected chi connectivity index (χ4v) is 2.88. The molecule has 1 aromatic rings. The van der Waals surface area contributed by atoms with Crippen LogP contribution in [0.4, 0.5) is 0 Å². The van der Waals surface area contributed by atoms with Crippen LogP contribution in [0.15, 0.2) is 18.2 Å². The van der Waals surface area contributed by atoms with E-state index in [4.69, 9.17) is 0 Å². The lowest BCUT2D eigenvalue weighted by molar-refractivity contribution is -0.132. The lowest BCUT2D eigenvalue weighted by Gasteiger charge is -2.24. The van der Waals surface area contributed by atoms with Crippen molar-refractivity contribution in [3.8, 4) is 0 Å². The zero-order chi connectivity index (χ0) is 14.7. The third-order valence-electron chi connectivity index (χ3n) is 4.12. The van der Waals surface area contributed by atoms with Gasteiger partial charge in [-0.3, -0.25) is 4.79 Å². The Hall–Kier alpha value is -1.35. The maximum Gasteiger partial charge on any atom is 0.222 e. The van der Waals surface area contributed by atoms with Crippen LogP contribution < -0.4 is 0 Å². The van der Waals surface area contributed by atoms with E-state index in [1.807, 2.05) is 30.9 Å². The third-order valence-corrected chi connectivity index (χ3v) is 4.12. The van der Waals surface area contributed by atoms with Gasteiger partial charge in [0.2, 0.25) is 5.91 Å². The van der Waals surface area contributed by atoms with Gasteiger partial charge in [0, 0.05) is 13.0 Å². The van der Waals surface area contributed by atoms with Crippen molar-refractivity contribution in [2.24, 2.45) is 5.92 Å². The topological polar surface area (TPSA) is 40.5 Å². The molecule has 2 unspecified atom stereocenters. The number of benzene rings is 1. The molecule has 0 spiro atoms. The molecule has 0 saturated carbocycles. The monoisotopic (exact) mass is 275 g/mol. The summed E-state index contributed by atoms with van der Waals surface area (Å²) in [5, 5.41) is 10.4. The largest absolute Gasteiger partial charge is 0.387 e. The van der Waals surface area contributed by atoms with Crippen molar-refractivity contribution in [3.63, 3.8) is 0 Å². The number of aliphatic hydroxyl groups excluding tert-OH is 1. The van der Waals surface area contributed by atoms with Gasteiger partial charge in [-0.15, -0.1) is 0 Å². The molecule has 0 aliphatic carbocycles. The first-order valence-corrected chi connectivity index (χ1v) is 7.49. The van der Waals surface area contributed by atoms with Gasteiger partial charge >= 0.3 is 0 Å². The smallest absolute Gasteiger partial charge is 0.222 e. The quantitative estimate of drug-likeness (QED) is 0.921. The van der Waals surface area contributed by atoms with Crippen molar-refractivity contribution in [2.45, 2.75) is 46.1 Å². The molecule has 0 aromatic heterocycles. The van der Waals surface area contributed by atoms with Crippen molar-refractivity contribution in [2.75, 3.05) is 13.1 Å². The Morgan fingerprint density at radius 1 is 1.25 bits per heavy atom. The summed E-state index contributed by atoms with van der Waals surface area (Å²) in [6.45, 7) is 7.43. The molecule has 3 heteroatoms. The number of hydrogen-bond acceptors (Lipinski definition) is 2. The Kier molecular flexibility index (Phi) is 4.81. The predicted octanol–water partition coefficient (Wildman–Crippen LogP) is 2.99. The summed E-state index contributed by atoms with van der Waals surface area (Å²) in [5.74, 6) is 0.778. The summed E-state index contributed by atoms with van der Waals surface area (Å²) in [6, 6.07) is 6.10. The van der Waals surface area contributed by atoms with Gasteiger partial charge in [-0.2, -0.15) is 0 Å². The molecule has 1 aromatic carbocycles. The van der Waals surface area contributed by atoms with Crippen molar-refractivity contribution < 1.29 is 9.90 Å². The first-order chi connectivity index (χ1) is 9.45. The number of aryl methyl sites for hydroxylation is 2. The minimum atomic E-state index is -0.592. The van der Waals surface area contributed by atoms with E-state index in [2.05, 4.69) is 13.0 Å². The van der Waals surface area contributed by atoms with E-state index >= 15 is 0 Å². The molecule has 1 fully saturated rings. The van der Waals surface area contributed by atoms with Crippen LogP contribution in [-0.2, 0) is 4.79 Å². The maximum absolute atomic E-state index is 12.1. The van der Waals surface area contributed by atoms with Gasteiger partial charge in [-0.25, -0.2) is 0 Å². The second kappa shape index (κ2) is 6.40. The highest BCUT2D eigenvalue weighted by Gasteiger charge is 2.22. The molecule has 3 nitrogen and oxygen atoms in total. The molecule has 20 heavy (non-hydrogen) atoms. The SMILES string of the molecule is Cc1cc(C)cc(C(O)CN2CCC(C)CCC2=O)c1. The molecule has 1 aliphatic heterocycles. The highest BCUT2D eigenvalue weighted by atomic mass is 16.3. The van der Waals surface area contributed by atoms with Gasteiger partial charge in [0.25, 0.3) is 0 Å². The number of nitrogens with zero attached hydrogens (tertiary/aromatic N) is 1. The average Bonchev–Trinajstić information content (AvgIpc) is 2.53. The number of β-amino-alcohol motifs (C(OH)–C–C–N with tert-alkyl or cyclic N) is 1. The summed E-state index contributed by atoms with van der Waals surface area (Å²) >= 11 is 0. The van der Waals surface area contributed by atoms with Crippen LogP contribution >= 0.6 is 0 Å². The number of rotatable bonds is 3. The molecule has 2 rings (SSSR count). The van der Waals surface area contributed by atoms with E-state index in [0.29, 0.717) is 18.9 Å². The molecule has 1 aliphatic rings. The van der Waals surface area contributed by atoms with E-state index in [0.717, 1.165) is 36.1 Å². The minimum absolute atomic E-state index is 0.178. The van der Waals surface area contributed by atoms with Crippen LogP contribution in [0.25, 0.3) is 0 Å². The lowest BCUT2D eigenvalue weighted by atomic mass is 10.0. The van der Waals surface area contributed by atoms with Crippen LogP contribution in [-0.4, -0.2) is 29.0 Å².